The van der Waals surface area contributed by atoms with Crippen molar-refractivity contribution in [3.05, 3.63) is 29.8 Å². The zero-order valence-electron chi connectivity index (χ0n) is 11.9. The highest BCUT2D eigenvalue weighted by molar-refractivity contribution is 5.54. The van der Waals surface area contributed by atoms with Gasteiger partial charge in [-0.15, -0.1) is 0 Å². The molecule has 100 valence electrons. The highest BCUT2D eigenvalue weighted by Gasteiger charge is 2.35. The van der Waals surface area contributed by atoms with Crippen LogP contribution in [0.15, 0.2) is 24.3 Å². The fourth-order valence-electron chi connectivity index (χ4n) is 3.16. The molecule has 0 saturated carbocycles. The molecule has 1 atom stereocenters. The van der Waals surface area contributed by atoms with Gasteiger partial charge in [-0.3, -0.25) is 0 Å². The molecule has 2 N–H and O–H groups in total. The normalized spacial score (nSPS) is 23.1. The highest BCUT2D eigenvalue weighted by atomic mass is 15.1. The number of benzene rings is 1. The smallest absolute Gasteiger partial charge is 0.0398 e. The minimum atomic E-state index is 0.313. The maximum atomic E-state index is 5.90. The third kappa shape index (κ3) is 2.54. The molecule has 18 heavy (non-hydrogen) atoms. The van der Waals surface area contributed by atoms with E-state index in [1.807, 2.05) is 0 Å². The van der Waals surface area contributed by atoms with Crippen molar-refractivity contribution in [2.45, 2.75) is 33.6 Å². The van der Waals surface area contributed by atoms with Gasteiger partial charge in [0.15, 0.2) is 0 Å². The molecule has 2 heteroatoms. The van der Waals surface area contributed by atoms with Gasteiger partial charge in [0.25, 0.3) is 0 Å². The van der Waals surface area contributed by atoms with E-state index in [1.54, 1.807) is 0 Å². The Bertz CT molecular complexity index is 398. The van der Waals surface area contributed by atoms with Gasteiger partial charge < -0.3 is 10.6 Å². The van der Waals surface area contributed by atoms with E-state index in [4.69, 9.17) is 5.73 Å². The molecule has 0 aliphatic carbocycles. The van der Waals surface area contributed by atoms with Crippen molar-refractivity contribution >= 4 is 5.69 Å². The standard InChI is InChI=1S/C16H26N2/c1-4-13-7-5-6-8-15(13)18-10-9-14(11-17)16(2,3)12-18/h5-8,14H,4,9-12,17H2,1-3H3. The Balaban J connectivity index is 2.21. The lowest BCUT2D eigenvalue weighted by Crippen LogP contribution is -2.48. The maximum absolute atomic E-state index is 5.90. The lowest BCUT2D eigenvalue weighted by molar-refractivity contribution is 0.182. The molecular formula is C16H26N2. The zero-order chi connectivity index (χ0) is 13.2. The van der Waals surface area contributed by atoms with Crippen LogP contribution in [0.4, 0.5) is 5.69 Å². The molecule has 1 aromatic carbocycles. The van der Waals surface area contributed by atoms with Gasteiger partial charge in [-0.05, 0) is 42.3 Å². The average Bonchev–Trinajstić information content (AvgIpc) is 2.37. The predicted octanol–water partition coefficient (Wildman–Crippen LogP) is 3.06. The molecule has 0 spiro atoms. The van der Waals surface area contributed by atoms with Crippen LogP contribution in [0.3, 0.4) is 0 Å². The van der Waals surface area contributed by atoms with Gasteiger partial charge in [-0.25, -0.2) is 0 Å². The second-order valence-electron chi connectivity index (χ2n) is 6.11. The summed E-state index contributed by atoms with van der Waals surface area (Å²) in [5.41, 5.74) is 9.09. The minimum Gasteiger partial charge on any atom is -0.371 e. The van der Waals surface area contributed by atoms with Gasteiger partial charge in [-0.2, -0.15) is 0 Å². The quantitative estimate of drug-likeness (QED) is 0.888. The molecule has 0 aromatic heterocycles. The van der Waals surface area contributed by atoms with Crippen LogP contribution < -0.4 is 10.6 Å². The number of piperidine rings is 1. The van der Waals surface area contributed by atoms with Gasteiger partial charge >= 0.3 is 0 Å². The second-order valence-corrected chi connectivity index (χ2v) is 6.11. The van der Waals surface area contributed by atoms with E-state index in [2.05, 4.69) is 49.9 Å². The van der Waals surface area contributed by atoms with Crippen LogP contribution in [0.2, 0.25) is 0 Å². The Hall–Kier alpha value is -1.02. The Kier molecular flexibility index (Phi) is 3.96. The van der Waals surface area contributed by atoms with Crippen LogP contribution in [0.25, 0.3) is 0 Å². The van der Waals surface area contributed by atoms with Crippen LogP contribution in [0, 0.1) is 11.3 Å². The lowest BCUT2D eigenvalue weighted by Gasteiger charge is -2.45. The van der Waals surface area contributed by atoms with Crippen molar-refractivity contribution in [1.29, 1.82) is 0 Å². The number of para-hydroxylation sites is 1. The monoisotopic (exact) mass is 246 g/mol. The van der Waals surface area contributed by atoms with Crippen molar-refractivity contribution in [2.24, 2.45) is 17.1 Å². The van der Waals surface area contributed by atoms with Crippen LogP contribution >= 0.6 is 0 Å². The van der Waals surface area contributed by atoms with E-state index < -0.39 is 0 Å². The summed E-state index contributed by atoms with van der Waals surface area (Å²) in [7, 11) is 0. The topological polar surface area (TPSA) is 29.3 Å². The summed E-state index contributed by atoms with van der Waals surface area (Å²) in [5, 5.41) is 0. The molecule has 1 aliphatic rings. The molecule has 1 unspecified atom stereocenters. The van der Waals surface area contributed by atoms with Crippen LogP contribution in [0.5, 0.6) is 0 Å². The van der Waals surface area contributed by atoms with Crippen molar-refractivity contribution in [2.75, 3.05) is 24.5 Å². The summed E-state index contributed by atoms with van der Waals surface area (Å²) in [6, 6.07) is 8.80. The number of nitrogens with two attached hydrogens (primary N) is 1. The molecule has 1 aromatic rings. The summed E-state index contributed by atoms with van der Waals surface area (Å²) in [6.45, 7) is 10.0. The molecule has 2 rings (SSSR count). The average molecular weight is 246 g/mol. The molecule has 0 amide bonds. The van der Waals surface area contributed by atoms with E-state index in [-0.39, 0.29) is 0 Å². The summed E-state index contributed by atoms with van der Waals surface area (Å²) in [5.74, 6) is 0.655. The van der Waals surface area contributed by atoms with E-state index in [0.717, 1.165) is 26.1 Å². The van der Waals surface area contributed by atoms with Crippen molar-refractivity contribution in [3.63, 3.8) is 0 Å². The zero-order valence-corrected chi connectivity index (χ0v) is 11.9. The highest BCUT2D eigenvalue weighted by Crippen LogP contribution is 2.37. The van der Waals surface area contributed by atoms with Crippen molar-refractivity contribution in [1.82, 2.24) is 0 Å². The number of nitrogens with zero attached hydrogens (tertiary/aromatic N) is 1. The van der Waals surface area contributed by atoms with Gasteiger partial charge in [0.05, 0.1) is 0 Å². The largest absolute Gasteiger partial charge is 0.371 e. The number of hydrogen-bond acceptors (Lipinski definition) is 2. The Labute approximate surface area is 111 Å². The lowest BCUT2D eigenvalue weighted by atomic mass is 9.73. The first-order valence-corrected chi connectivity index (χ1v) is 7.11. The first kappa shape index (κ1) is 13.4. The molecule has 1 aliphatic heterocycles. The second kappa shape index (κ2) is 5.31. The number of hydrogen-bond donors (Lipinski definition) is 1. The molecular weight excluding hydrogens is 220 g/mol. The molecule has 1 fully saturated rings. The van der Waals surface area contributed by atoms with E-state index >= 15 is 0 Å². The van der Waals surface area contributed by atoms with E-state index in [1.165, 1.54) is 17.7 Å². The predicted molar refractivity (Wildman–Crippen MR) is 79.0 cm³/mol. The Morgan fingerprint density at radius 3 is 2.67 bits per heavy atom. The van der Waals surface area contributed by atoms with E-state index in [9.17, 15) is 0 Å². The van der Waals surface area contributed by atoms with Gasteiger partial charge in [0.1, 0.15) is 0 Å². The van der Waals surface area contributed by atoms with Gasteiger partial charge in [-0.1, -0.05) is 39.0 Å². The number of rotatable bonds is 3. The van der Waals surface area contributed by atoms with Crippen molar-refractivity contribution < 1.29 is 0 Å². The van der Waals surface area contributed by atoms with Gasteiger partial charge in [0.2, 0.25) is 0 Å². The molecule has 0 bridgehead atoms. The minimum absolute atomic E-state index is 0.313. The van der Waals surface area contributed by atoms with Crippen LogP contribution in [-0.2, 0) is 6.42 Å². The third-order valence-electron chi connectivity index (χ3n) is 4.45. The summed E-state index contributed by atoms with van der Waals surface area (Å²) < 4.78 is 0. The molecule has 2 nitrogen and oxygen atoms in total. The number of aryl methyl sites for hydroxylation is 1. The first-order valence-electron chi connectivity index (χ1n) is 7.11. The maximum Gasteiger partial charge on any atom is 0.0398 e. The Morgan fingerprint density at radius 2 is 2.06 bits per heavy atom. The van der Waals surface area contributed by atoms with E-state index in [0.29, 0.717) is 11.3 Å². The molecule has 1 heterocycles. The van der Waals surface area contributed by atoms with Crippen molar-refractivity contribution in [3.8, 4) is 0 Å². The fourth-order valence-corrected chi connectivity index (χ4v) is 3.16. The number of anilines is 1. The van der Waals surface area contributed by atoms with Crippen LogP contribution in [0.1, 0.15) is 32.8 Å². The summed E-state index contributed by atoms with van der Waals surface area (Å²) in [6.07, 6.45) is 2.31. The van der Waals surface area contributed by atoms with Gasteiger partial charge in [0, 0.05) is 18.8 Å². The molecule has 0 radical (unpaired) electrons. The first-order chi connectivity index (χ1) is 8.58. The fraction of sp³-hybridized carbons (Fsp3) is 0.625. The SMILES string of the molecule is CCc1ccccc1N1CCC(CN)C(C)(C)C1. The summed E-state index contributed by atoms with van der Waals surface area (Å²) in [4.78, 5) is 2.55. The molecule has 1 saturated heterocycles. The summed E-state index contributed by atoms with van der Waals surface area (Å²) >= 11 is 0. The Morgan fingerprint density at radius 1 is 1.33 bits per heavy atom. The third-order valence-corrected chi connectivity index (χ3v) is 4.45. The van der Waals surface area contributed by atoms with Crippen LogP contribution in [-0.4, -0.2) is 19.6 Å².